The molecule has 3 atom stereocenters. The van der Waals surface area contributed by atoms with Gasteiger partial charge in [-0.2, -0.15) is 0 Å². The van der Waals surface area contributed by atoms with Crippen LogP contribution in [-0.4, -0.2) is 44.3 Å². The van der Waals surface area contributed by atoms with Crippen LogP contribution in [0.3, 0.4) is 0 Å². The highest BCUT2D eigenvalue weighted by Gasteiger charge is 2.67. The van der Waals surface area contributed by atoms with Crippen molar-refractivity contribution in [3.8, 4) is 5.75 Å². The van der Waals surface area contributed by atoms with Crippen molar-refractivity contribution in [2.75, 3.05) is 20.0 Å². The molecule has 0 amide bonds. The molecule has 0 radical (unpaired) electrons. The number of aliphatic hydroxyl groups excluding tert-OH is 1. The summed E-state index contributed by atoms with van der Waals surface area (Å²) in [4.78, 5) is 0. The largest absolute Gasteiger partial charge is 0.497 e. The number of hydrogen-bond acceptors (Lipinski definition) is 5. The number of rotatable bonds is 4. The minimum atomic E-state index is -3.28. The first-order valence-electron chi connectivity index (χ1n) is 5.57. The fraction of sp³-hybridized carbons (Fsp3) is 0.500. The molecule has 0 spiro atoms. The van der Waals surface area contributed by atoms with Crippen molar-refractivity contribution in [2.24, 2.45) is 5.73 Å². The van der Waals surface area contributed by atoms with Gasteiger partial charge in [-0.3, -0.25) is 0 Å². The Kier molecular flexibility index (Phi) is 3.12. The van der Waals surface area contributed by atoms with Gasteiger partial charge in [0, 0.05) is 12.2 Å². The van der Waals surface area contributed by atoms with Crippen molar-refractivity contribution in [1.82, 2.24) is 0 Å². The first-order valence-corrected chi connectivity index (χ1v) is 7.52. The van der Waals surface area contributed by atoms with Gasteiger partial charge < -0.3 is 15.6 Å². The Bertz CT molecular complexity index is 540. The molecule has 1 aliphatic rings. The molecule has 0 bridgehead atoms. The van der Waals surface area contributed by atoms with Gasteiger partial charge in [0.25, 0.3) is 0 Å². The molecule has 0 saturated heterocycles. The molecule has 5 nitrogen and oxygen atoms in total. The van der Waals surface area contributed by atoms with Crippen LogP contribution in [0.4, 0.5) is 0 Å². The number of benzene rings is 1. The smallest absolute Gasteiger partial charge is 0.152 e. The topological polar surface area (TPSA) is 89.6 Å². The summed E-state index contributed by atoms with van der Waals surface area (Å²) in [7, 11) is -1.72. The van der Waals surface area contributed by atoms with Gasteiger partial charge in [-0.1, -0.05) is 12.1 Å². The molecule has 100 valence electrons. The number of hydrogen-bond donors (Lipinski definition) is 2. The third-order valence-electron chi connectivity index (χ3n) is 3.51. The second-order valence-electron chi connectivity index (χ2n) is 4.77. The normalized spacial score (nSPS) is 31.1. The molecule has 1 aliphatic carbocycles. The van der Waals surface area contributed by atoms with Crippen molar-refractivity contribution in [3.63, 3.8) is 0 Å². The van der Waals surface area contributed by atoms with Crippen LogP contribution in [0.25, 0.3) is 0 Å². The predicted octanol–water partition coefficient (Wildman–Crippen LogP) is -0.105. The lowest BCUT2D eigenvalue weighted by molar-refractivity contribution is 0.253. The van der Waals surface area contributed by atoms with E-state index in [1.54, 1.807) is 31.4 Å². The van der Waals surface area contributed by atoms with Crippen LogP contribution >= 0.6 is 0 Å². The number of aliphatic hydroxyl groups is 1. The molecule has 0 heterocycles. The van der Waals surface area contributed by atoms with Crippen LogP contribution in [0.5, 0.6) is 5.75 Å². The van der Waals surface area contributed by atoms with E-state index >= 15 is 0 Å². The van der Waals surface area contributed by atoms with Crippen LogP contribution in [0.2, 0.25) is 0 Å². The summed E-state index contributed by atoms with van der Waals surface area (Å²) in [5.41, 5.74) is 5.70. The molecular weight excluding hydrogens is 254 g/mol. The SMILES string of the molecule is COc1ccc([C@H]2[C@@H](S(C)(=O)=O)[C@@]2(N)CO)cc1. The highest BCUT2D eigenvalue weighted by atomic mass is 32.2. The number of ether oxygens (including phenoxy) is 1. The molecule has 6 heteroatoms. The van der Waals surface area contributed by atoms with E-state index in [1.807, 2.05) is 0 Å². The lowest BCUT2D eigenvalue weighted by Crippen LogP contribution is -2.34. The average molecular weight is 271 g/mol. The Morgan fingerprint density at radius 3 is 2.28 bits per heavy atom. The molecule has 0 unspecified atom stereocenters. The van der Waals surface area contributed by atoms with Gasteiger partial charge in [-0.25, -0.2) is 8.42 Å². The summed E-state index contributed by atoms with van der Waals surface area (Å²) in [6, 6.07) is 7.08. The molecule has 0 aromatic heterocycles. The summed E-state index contributed by atoms with van der Waals surface area (Å²) in [6.45, 7) is -0.346. The quantitative estimate of drug-likeness (QED) is 0.798. The van der Waals surface area contributed by atoms with Crippen molar-refractivity contribution >= 4 is 9.84 Å². The highest BCUT2D eigenvalue weighted by molar-refractivity contribution is 7.91. The van der Waals surface area contributed by atoms with E-state index in [4.69, 9.17) is 10.5 Å². The van der Waals surface area contributed by atoms with E-state index in [-0.39, 0.29) is 12.5 Å². The minimum Gasteiger partial charge on any atom is -0.497 e. The van der Waals surface area contributed by atoms with Gasteiger partial charge >= 0.3 is 0 Å². The molecule has 3 N–H and O–H groups in total. The van der Waals surface area contributed by atoms with Gasteiger partial charge in [-0.15, -0.1) is 0 Å². The Morgan fingerprint density at radius 1 is 1.39 bits per heavy atom. The van der Waals surface area contributed by atoms with Crippen LogP contribution in [0.1, 0.15) is 11.5 Å². The zero-order valence-corrected chi connectivity index (χ0v) is 11.1. The molecule has 2 rings (SSSR count). The molecule has 0 aliphatic heterocycles. The number of methoxy groups -OCH3 is 1. The van der Waals surface area contributed by atoms with Crippen LogP contribution < -0.4 is 10.5 Å². The second-order valence-corrected chi connectivity index (χ2v) is 6.94. The van der Waals surface area contributed by atoms with Crippen molar-refractivity contribution < 1.29 is 18.3 Å². The Labute approximate surface area is 106 Å². The van der Waals surface area contributed by atoms with Gasteiger partial charge in [0.15, 0.2) is 9.84 Å². The lowest BCUT2D eigenvalue weighted by atomic mass is 10.1. The summed E-state index contributed by atoms with van der Waals surface area (Å²) < 4.78 is 28.4. The molecule has 1 aromatic carbocycles. The van der Waals surface area contributed by atoms with E-state index in [1.165, 1.54) is 0 Å². The summed E-state index contributed by atoms with van der Waals surface area (Å²) >= 11 is 0. The highest BCUT2D eigenvalue weighted by Crippen LogP contribution is 2.53. The first-order chi connectivity index (χ1) is 8.34. The number of nitrogens with two attached hydrogens (primary N) is 1. The van der Waals surface area contributed by atoms with Gasteiger partial charge in [0.05, 0.1) is 24.5 Å². The van der Waals surface area contributed by atoms with E-state index in [9.17, 15) is 13.5 Å². The fourth-order valence-electron chi connectivity index (χ4n) is 2.55. The standard InChI is InChI=1S/C12H17NO4S/c1-17-9-5-3-8(4-6-9)10-11(18(2,15)16)12(10,13)7-14/h3-6,10-11,14H,7,13H2,1-2H3/t10-,11+,12+/m0/s1. The van der Waals surface area contributed by atoms with E-state index in [0.717, 1.165) is 11.8 Å². The Balaban J connectivity index is 2.33. The maximum Gasteiger partial charge on any atom is 0.152 e. The van der Waals surface area contributed by atoms with E-state index < -0.39 is 20.6 Å². The zero-order valence-electron chi connectivity index (χ0n) is 10.3. The molecule has 1 saturated carbocycles. The van der Waals surface area contributed by atoms with E-state index in [2.05, 4.69) is 0 Å². The average Bonchev–Trinajstić information content (AvgIpc) is 2.97. The summed E-state index contributed by atoms with van der Waals surface area (Å²) in [6.07, 6.45) is 1.15. The van der Waals surface area contributed by atoms with E-state index in [0.29, 0.717) is 5.75 Å². The van der Waals surface area contributed by atoms with Crippen LogP contribution in [0, 0.1) is 0 Å². The summed E-state index contributed by atoms with van der Waals surface area (Å²) in [5.74, 6) is 0.338. The van der Waals surface area contributed by atoms with Crippen molar-refractivity contribution in [3.05, 3.63) is 29.8 Å². The second kappa shape index (κ2) is 4.22. The monoisotopic (exact) mass is 271 g/mol. The van der Waals surface area contributed by atoms with Gasteiger partial charge in [0.2, 0.25) is 0 Å². The maximum absolute atomic E-state index is 11.7. The molecule has 18 heavy (non-hydrogen) atoms. The third kappa shape index (κ3) is 2.00. The van der Waals surface area contributed by atoms with Crippen molar-refractivity contribution in [1.29, 1.82) is 0 Å². The Hall–Kier alpha value is -1.11. The van der Waals surface area contributed by atoms with Gasteiger partial charge in [0.1, 0.15) is 5.75 Å². The first kappa shape index (κ1) is 13.3. The van der Waals surface area contributed by atoms with Crippen LogP contribution in [-0.2, 0) is 9.84 Å². The fourth-order valence-corrected chi connectivity index (χ4v) is 4.40. The molecule has 1 aromatic rings. The zero-order chi connectivity index (χ0) is 13.6. The van der Waals surface area contributed by atoms with Crippen LogP contribution in [0.15, 0.2) is 24.3 Å². The Morgan fingerprint density at radius 2 is 1.94 bits per heavy atom. The minimum absolute atomic E-state index is 0.346. The third-order valence-corrected chi connectivity index (χ3v) is 5.15. The molecular formula is C12H17NO4S. The molecule has 1 fully saturated rings. The number of sulfone groups is 1. The van der Waals surface area contributed by atoms with Gasteiger partial charge in [-0.05, 0) is 17.7 Å². The van der Waals surface area contributed by atoms with Crippen molar-refractivity contribution in [2.45, 2.75) is 16.7 Å². The summed E-state index contributed by atoms with van der Waals surface area (Å²) in [5, 5.41) is 8.60. The lowest BCUT2D eigenvalue weighted by Gasteiger charge is -2.07. The predicted molar refractivity (Wildman–Crippen MR) is 68.4 cm³/mol. The maximum atomic E-state index is 11.7.